The Balaban J connectivity index is 1.91. The summed E-state index contributed by atoms with van der Waals surface area (Å²) in [6.45, 7) is 2.91. The minimum Gasteiger partial charge on any atom is -0.338 e. The summed E-state index contributed by atoms with van der Waals surface area (Å²) in [6, 6.07) is 7.07. The molecule has 1 aliphatic heterocycles. The number of carbonyl (C=O) groups excluding carboxylic acids is 1. The number of hydrogen-bond acceptors (Lipinski definition) is 5. The van der Waals surface area contributed by atoms with Gasteiger partial charge < -0.3 is 10.6 Å². The topological polar surface area (TPSA) is 105 Å². The van der Waals surface area contributed by atoms with E-state index in [4.69, 9.17) is 0 Å². The fraction of sp³-hybridized carbons (Fsp3) is 0.333. The molecule has 0 unspecified atom stereocenters. The van der Waals surface area contributed by atoms with E-state index in [9.17, 15) is 14.9 Å². The Morgan fingerprint density at radius 3 is 2.92 bits per heavy atom. The number of aryl methyl sites for hydroxylation is 2. The highest BCUT2D eigenvalue weighted by atomic mass is 16.6. The first-order valence-electron chi connectivity index (χ1n) is 7.58. The first-order valence-corrected chi connectivity index (χ1v) is 7.58. The molecule has 1 aliphatic rings. The van der Waals surface area contributed by atoms with Gasteiger partial charge in [0.25, 0.3) is 0 Å². The monoisotopic (exact) mass is 330 g/mol. The van der Waals surface area contributed by atoms with Gasteiger partial charge in [0, 0.05) is 31.5 Å². The quantitative estimate of drug-likeness (QED) is 0.661. The van der Waals surface area contributed by atoms with E-state index in [0.29, 0.717) is 30.3 Å². The van der Waals surface area contributed by atoms with Crippen molar-refractivity contribution in [1.82, 2.24) is 15.1 Å². The van der Waals surface area contributed by atoms with Crippen LogP contribution in [-0.4, -0.2) is 33.8 Å². The van der Waals surface area contributed by atoms with E-state index in [1.54, 1.807) is 37.1 Å². The number of aromatic nitrogens is 2. The summed E-state index contributed by atoms with van der Waals surface area (Å²) >= 11 is 0. The van der Waals surface area contributed by atoms with Crippen LogP contribution in [-0.2, 0) is 7.05 Å². The molecule has 126 valence electrons. The number of carbonyl (C=O) groups is 1. The van der Waals surface area contributed by atoms with Crippen LogP contribution < -0.4 is 15.5 Å². The largest absolute Gasteiger partial charge is 0.338 e. The maximum Gasteiger partial charge on any atom is 0.334 e. The van der Waals surface area contributed by atoms with Crippen molar-refractivity contribution in [2.75, 3.05) is 23.3 Å². The molecule has 0 bridgehead atoms. The third-order valence-corrected chi connectivity index (χ3v) is 3.87. The van der Waals surface area contributed by atoms with Gasteiger partial charge in [0.05, 0.1) is 4.92 Å². The van der Waals surface area contributed by atoms with Gasteiger partial charge in [0.15, 0.2) is 0 Å². The molecule has 2 aromatic rings. The molecular weight excluding hydrogens is 312 g/mol. The smallest absolute Gasteiger partial charge is 0.334 e. The molecule has 1 fully saturated rings. The minimum absolute atomic E-state index is 0.0568. The van der Waals surface area contributed by atoms with Crippen molar-refractivity contribution in [1.29, 1.82) is 0 Å². The second-order valence-corrected chi connectivity index (χ2v) is 5.58. The number of hydrogen-bond donors (Lipinski definition) is 2. The maximum absolute atomic E-state index is 12.0. The molecule has 1 aromatic heterocycles. The predicted octanol–water partition coefficient (Wildman–Crippen LogP) is 2.30. The highest BCUT2D eigenvalue weighted by Crippen LogP contribution is 2.31. The van der Waals surface area contributed by atoms with Crippen LogP contribution in [0.1, 0.15) is 12.1 Å². The van der Waals surface area contributed by atoms with Gasteiger partial charge in [-0.25, -0.2) is 9.48 Å². The predicted molar refractivity (Wildman–Crippen MR) is 89.7 cm³/mol. The summed E-state index contributed by atoms with van der Waals surface area (Å²) < 4.78 is 1.44. The Morgan fingerprint density at radius 2 is 2.21 bits per heavy atom. The van der Waals surface area contributed by atoms with Crippen molar-refractivity contribution < 1.29 is 9.72 Å². The van der Waals surface area contributed by atoms with E-state index in [1.165, 1.54) is 4.68 Å². The van der Waals surface area contributed by atoms with E-state index in [0.717, 1.165) is 12.1 Å². The normalized spacial score (nSPS) is 14.4. The van der Waals surface area contributed by atoms with Crippen LogP contribution in [0.2, 0.25) is 0 Å². The van der Waals surface area contributed by atoms with Crippen LogP contribution in [0.3, 0.4) is 0 Å². The summed E-state index contributed by atoms with van der Waals surface area (Å²) in [7, 11) is 1.64. The van der Waals surface area contributed by atoms with Crippen LogP contribution in [0.5, 0.6) is 0 Å². The fourth-order valence-electron chi connectivity index (χ4n) is 2.77. The zero-order valence-electron chi connectivity index (χ0n) is 13.4. The summed E-state index contributed by atoms with van der Waals surface area (Å²) in [6.07, 6.45) is 0.871. The zero-order chi connectivity index (χ0) is 17.3. The van der Waals surface area contributed by atoms with Gasteiger partial charge in [-0.05, 0) is 31.5 Å². The lowest BCUT2D eigenvalue weighted by molar-refractivity contribution is -0.384. The summed E-state index contributed by atoms with van der Waals surface area (Å²) in [5.74, 6) is 0.303. The van der Waals surface area contributed by atoms with Crippen LogP contribution in [0.25, 0.3) is 0 Å². The van der Waals surface area contributed by atoms with Gasteiger partial charge in [0.1, 0.15) is 5.69 Å². The number of nitrogens with one attached hydrogen (secondary N) is 2. The Morgan fingerprint density at radius 1 is 1.42 bits per heavy atom. The van der Waals surface area contributed by atoms with Crippen molar-refractivity contribution in [2.24, 2.45) is 7.05 Å². The number of nitrogens with zero attached hydrogens (tertiary/aromatic N) is 4. The van der Waals surface area contributed by atoms with Crippen molar-refractivity contribution in [2.45, 2.75) is 13.3 Å². The van der Waals surface area contributed by atoms with E-state index in [-0.39, 0.29) is 11.7 Å². The van der Waals surface area contributed by atoms with Crippen molar-refractivity contribution in [3.8, 4) is 0 Å². The van der Waals surface area contributed by atoms with Crippen molar-refractivity contribution in [3.63, 3.8) is 0 Å². The Kier molecular flexibility index (Phi) is 4.07. The summed E-state index contributed by atoms with van der Waals surface area (Å²) in [4.78, 5) is 24.4. The Labute approximate surface area is 138 Å². The van der Waals surface area contributed by atoms with Gasteiger partial charge in [0.2, 0.25) is 5.82 Å². The minimum atomic E-state index is -0.452. The second-order valence-electron chi connectivity index (χ2n) is 5.58. The van der Waals surface area contributed by atoms with Crippen LogP contribution in [0.15, 0.2) is 24.3 Å². The molecule has 0 aliphatic carbocycles. The van der Waals surface area contributed by atoms with Crippen LogP contribution >= 0.6 is 0 Å². The number of rotatable bonds is 4. The molecule has 2 heterocycles. The molecule has 24 heavy (non-hydrogen) atoms. The molecule has 0 atom stereocenters. The number of benzene rings is 1. The number of urea groups is 1. The lowest BCUT2D eigenvalue weighted by Crippen LogP contribution is -2.46. The SMILES string of the molecule is Cc1nn(C)c(Nc2cccc(N3CCCNC3=O)c2)c1[N+](=O)[O-]. The third-order valence-electron chi connectivity index (χ3n) is 3.87. The molecule has 0 saturated carbocycles. The van der Waals surface area contributed by atoms with Gasteiger partial charge in [-0.2, -0.15) is 5.10 Å². The first kappa shape index (κ1) is 15.8. The molecule has 9 nitrogen and oxygen atoms in total. The highest BCUT2D eigenvalue weighted by Gasteiger charge is 2.24. The fourth-order valence-corrected chi connectivity index (χ4v) is 2.77. The second kappa shape index (κ2) is 6.19. The van der Waals surface area contributed by atoms with Gasteiger partial charge in [-0.15, -0.1) is 0 Å². The standard InChI is InChI=1S/C15H18N6O3/c1-10-13(21(23)24)14(19(2)18-10)17-11-5-3-6-12(9-11)20-8-4-7-16-15(20)22/h3,5-6,9,17H,4,7-8H2,1-2H3,(H,16,22). The van der Waals surface area contributed by atoms with E-state index in [1.807, 2.05) is 6.07 Å². The van der Waals surface area contributed by atoms with Gasteiger partial charge >= 0.3 is 11.7 Å². The zero-order valence-corrected chi connectivity index (χ0v) is 13.4. The molecule has 3 rings (SSSR count). The average molecular weight is 330 g/mol. The van der Waals surface area contributed by atoms with Crippen molar-refractivity contribution >= 4 is 28.9 Å². The molecule has 1 aromatic carbocycles. The van der Waals surface area contributed by atoms with E-state index < -0.39 is 4.92 Å². The Hall–Kier alpha value is -3.10. The van der Waals surface area contributed by atoms with Gasteiger partial charge in [-0.3, -0.25) is 15.0 Å². The highest BCUT2D eigenvalue weighted by molar-refractivity contribution is 5.93. The molecule has 1 saturated heterocycles. The number of amides is 2. The molecule has 2 N–H and O–H groups in total. The lowest BCUT2D eigenvalue weighted by atomic mass is 10.2. The molecule has 9 heteroatoms. The van der Waals surface area contributed by atoms with E-state index >= 15 is 0 Å². The van der Waals surface area contributed by atoms with Crippen LogP contribution in [0.4, 0.5) is 27.7 Å². The molecule has 2 amide bonds. The number of nitro groups is 1. The van der Waals surface area contributed by atoms with Crippen LogP contribution in [0, 0.1) is 17.0 Å². The summed E-state index contributed by atoms with van der Waals surface area (Å²) in [5.41, 5.74) is 1.67. The van der Waals surface area contributed by atoms with Crippen molar-refractivity contribution in [3.05, 3.63) is 40.1 Å². The lowest BCUT2D eigenvalue weighted by Gasteiger charge is -2.27. The Bertz CT molecular complexity index is 801. The maximum atomic E-state index is 12.0. The van der Waals surface area contributed by atoms with E-state index in [2.05, 4.69) is 15.7 Å². The third kappa shape index (κ3) is 2.87. The summed E-state index contributed by atoms with van der Waals surface area (Å²) in [5, 5.41) is 21.2. The number of anilines is 3. The molecule has 0 radical (unpaired) electrons. The first-order chi connectivity index (χ1) is 11.5. The molecule has 0 spiro atoms. The van der Waals surface area contributed by atoms with Gasteiger partial charge in [-0.1, -0.05) is 6.07 Å². The molecular formula is C15H18N6O3. The average Bonchev–Trinajstić information content (AvgIpc) is 2.82.